The summed E-state index contributed by atoms with van der Waals surface area (Å²) in [5, 5.41) is 12.7. The van der Waals surface area contributed by atoms with Gasteiger partial charge in [0.25, 0.3) is 5.91 Å². The zero-order valence-corrected chi connectivity index (χ0v) is 21.3. The molecule has 0 saturated carbocycles. The van der Waals surface area contributed by atoms with E-state index < -0.39 is 0 Å². The van der Waals surface area contributed by atoms with Crippen molar-refractivity contribution in [3.8, 4) is 0 Å². The van der Waals surface area contributed by atoms with E-state index in [4.69, 9.17) is 0 Å². The molecule has 0 spiro atoms. The molecule has 6 nitrogen and oxygen atoms in total. The van der Waals surface area contributed by atoms with Gasteiger partial charge in [0.15, 0.2) is 0 Å². The van der Waals surface area contributed by atoms with E-state index in [-0.39, 0.29) is 5.91 Å². The van der Waals surface area contributed by atoms with Gasteiger partial charge in [0.05, 0.1) is 16.8 Å². The van der Waals surface area contributed by atoms with Gasteiger partial charge in [-0.3, -0.25) is 9.48 Å². The first-order valence-corrected chi connectivity index (χ1v) is 12.9. The molecular weight excluding hydrogens is 490 g/mol. The molecule has 0 fully saturated rings. The maximum absolute atomic E-state index is 12.5. The van der Waals surface area contributed by atoms with Crippen molar-refractivity contribution in [3.05, 3.63) is 81.7 Å². The highest BCUT2D eigenvalue weighted by Gasteiger charge is 2.12. The number of rotatable bonds is 12. The second-order valence-corrected chi connectivity index (χ2v) is 9.52. The van der Waals surface area contributed by atoms with Crippen LogP contribution in [0.4, 0.5) is 0 Å². The van der Waals surface area contributed by atoms with Crippen molar-refractivity contribution in [2.24, 2.45) is 0 Å². The molecular formula is C27H32BrN5O. The number of aryl methyl sites for hydroxylation is 1. The van der Waals surface area contributed by atoms with Gasteiger partial charge in [0.1, 0.15) is 0 Å². The third-order valence-electron chi connectivity index (χ3n) is 6.12. The molecule has 4 aromatic rings. The number of fused-ring (bicyclic) bond motifs is 1. The Morgan fingerprint density at radius 2 is 1.85 bits per heavy atom. The minimum absolute atomic E-state index is 0.0578. The zero-order chi connectivity index (χ0) is 23.8. The summed E-state index contributed by atoms with van der Waals surface area (Å²) in [5.41, 5.74) is 5.14. The van der Waals surface area contributed by atoms with Gasteiger partial charge in [-0.15, -0.1) is 5.10 Å². The van der Waals surface area contributed by atoms with Crippen LogP contribution >= 0.6 is 15.9 Å². The lowest BCUT2D eigenvalue weighted by molar-refractivity contribution is 0.0952. The lowest BCUT2D eigenvalue weighted by Crippen LogP contribution is -2.27. The summed E-state index contributed by atoms with van der Waals surface area (Å²) in [4.78, 5) is 15.8. The molecule has 1 amide bonds. The lowest BCUT2D eigenvalue weighted by atomic mass is 10.0. The Morgan fingerprint density at radius 3 is 2.68 bits per heavy atom. The predicted octanol–water partition coefficient (Wildman–Crippen LogP) is 6.06. The topological polar surface area (TPSA) is 75.6 Å². The van der Waals surface area contributed by atoms with Crippen molar-refractivity contribution < 1.29 is 4.79 Å². The van der Waals surface area contributed by atoms with Crippen LogP contribution in [-0.2, 0) is 19.4 Å². The Hall–Kier alpha value is -2.93. The Kier molecular flexibility index (Phi) is 8.52. The number of hydrogen-bond acceptors (Lipinski definition) is 3. The van der Waals surface area contributed by atoms with E-state index in [1.54, 1.807) is 4.68 Å². The first-order chi connectivity index (χ1) is 16.6. The average Bonchev–Trinajstić information content (AvgIpc) is 3.43. The molecule has 2 aromatic heterocycles. The number of aromatic nitrogens is 4. The summed E-state index contributed by atoms with van der Waals surface area (Å²) in [6.07, 6.45) is 10.1. The summed E-state index contributed by atoms with van der Waals surface area (Å²) in [6, 6.07) is 16.2. The maximum atomic E-state index is 12.5. The Morgan fingerprint density at radius 1 is 1.06 bits per heavy atom. The molecule has 34 heavy (non-hydrogen) atoms. The Balaban J connectivity index is 1.23. The molecule has 0 aliphatic heterocycles. The minimum atomic E-state index is -0.0578. The zero-order valence-electron chi connectivity index (χ0n) is 19.7. The van der Waals surface area contributed by atoms with Gasteiger partial charge in [0, 0.05) is 35.6 Å². The van der Waals surface area contributed by atoms with Gasteiger partial charge in [-0.05, 0) is 58.1 Å². The largest absolute Gasteiger partial charge is 0.350 e. The molecule has 2 aromatic carbocycles. The van der Waals surface area contributed by atoms with E-state index in [0.29, 0.717) is 25.1 Å². The van der Waals surface area contributed by atoms with E-state index in [1.165, 1.54) is 48.6 Å². The second-order valence-electron chi connectivity index (χ2n) is 8.73. The van der Waals surface area contributed by atoms with Crippen LogP contribution in [0, 0.1) is 0 Å². The molecule has 0 unspecified atom stereocenters. The van der Waals surface area contributed by atoms with Gasteiger partial charge in [-0.25, -0.2) is 0 Å². The number of nitrogens with zero attached hydrogens (tertiary/aromatic N) is 3. The summed E-state index contributed by atoms with van der Waals surface area (Å²) >= 11 is 3.62. The molecule has 178 valence electrons. The van der Waals surface area contributed by atoms with E-state index >= 15 is 0 Å². The minimum Gasteiger partial charge on any atom is -0.350 e. The molecule has 0 bridgehead atoms. The van der Waals surface area contributed by atoms with Crippen LogP contribution in [0.5, 0.6) is 0 Å². The standard InChI is InChI=1S/C27H32BrN5O/c1-2-3-4-5-6-9-20-12-14-21(15-13-20)27(34)29-16-17-33-19-22(31-32-33)18-24-23-10-7-8-11-25(23)30-26(24)28/h7-8,10-15,19,30H,2-6,9,16-18H2,1H3,(H,29,34). The summed E-state index contributed by atoms with van der Waals surface area (Å²) in [5.74, 6) is -0.0578. The van der Waals surface area contributed by atoms with Crippen LogP contribution < -0.4 is 5.32 Å². The van der Waals surface area contributed by atoms with Crippen molar-refractivity contribution in [2.45, 2.75) is 58.4 Å². The molecule has 2 N–H and O–H groups in total. The highest BCUT2D eigenvalue weighted by Crippen LogP contribution is 2.28. The predicted molar refractivity (Wildman–Crippen MR) is 140 cm³/mol. The molecule has 0 radical (unpaired) electrons. The Bertz CT molecular complexity index is 1210. The van der Waals surface area contributed by atoms with Gasteiger partial charge in [-0.2, -0.15) is 0 Å². The molecule has 4 rings (SSSR count). The maximum Gasteiger partial charge on any atom is 0.251 e. The molecule has 0 aliphatic rings. The van der Waals surface area contributed by atoms with Crippen LogP contribution in [0.25, 0.3) is 10.9 Å². The average molecular weight is 522 g/mol. The number of carbonyl (C=O) groups is 1. The molecule has 0 aliphatic carbocycles. The number of unbranched alkanes of at least 4 members (excludes halogenated alkanes) is 4. The quantitative estimate of drug-likeness (QED) is 0.222. The van der Waals surface area contributed by atoms with E-state index in [2.05, 4.69) is 67.7 Å². The number of aromatic amines is 1. The van der Waals surface area contributed by atoms with E-state index in [9.17, 15) is 4.79 Å². The van der Waals surface area contributed by atoms with Crippen molar-refractivity contribution in [3.63, 3.8) is 0 Å². The highest BCUT2D eigenvalue weighted by atomic mass is 79.9. The van der Waals surface area contributed by atoms with Crippen LogP contribution in [-0.4, -0.2) is 32.4 Å². The van der Waals surface area contributed by atoms with Crippen molar-refractivity contribution in [2.75, 3.05) is 6.54 Å². The third-order valence-corrected chi connectivity index (χ3v) is 6.79. The molecule has 2 heterocycles. The van der Waals surface area contributed by atoms with Gasteiger partial charge < -0.3 is 10.3 Å². The Labute approximate surface area is 209 Å². The van der Waals surface area contributed by atoms with Crippen LogP contribution in [0.2, 0.25) is 0 Å². The molecule has 0 atom stereocenters. The summed E-state index contributed by atoms with van der Waals surface area (Å²) in [6.45, 7) is 3.31. The monoisotopic (exact) mass is 521 g/mol. The van der Waals surface area contributed by atoms with E-state index in [1.807, 2.05) is 30.5 Å². The van der Waals surface area contributed by atoms with Crippen molar-refractivity contribution in [1.82, 2.24) is 25.3 Å². The van der Waals surface area contributed by atoms with Crippen LogP contribution in [0.15, 0.2) is 59.3 Å². The number of benzene rings is 2. The number of nitrogens with one attached hydrogen (secondary N) is 2. The SMILES string of the molecule is CCCCCCCc1ccc(C(=O)NCCn2cc(Cc3c(Br)[nH]c4ccccc34)nn2)cc1. The second kappa shape index (κ2) is 12.0. The normalized spacial score (nSPS) is 11.2. The summed E-state index contributed by atoms with van der Waals surface area (Å²) in [7, 11) is 0. The smallest absolute Gasteiger partial charge is 0.251 e. The number of halogens is 1. The number of hydrogen-bond donors (Lipinski definition) is 2. The first kappa shape index (κ1) is 24.2. The molecule has 0 saturated heterocycles. The number of para-hydroxylation sites is 1. The number of H-pyrrole nitrogens is 1. The number of amides is 1. The fourth-order valence-corrected chi connectivity index (χ4v) is 4.76. The lowest BCUT2D eigenvalue weighted by Gasteiger charge is -2.06. The van der Waals surface area contributed by atoms with Gasteiger partial charge in [0.2, 0.25) is 0 Å². The van der Waals surface area contributed by atoms with Crippen LogP contribution in [0.3, 0.4) is 0 Å². The first-order valence-electron chi connectivity index (χ1n) is 12.1. The van der Waals surface area contributed by atoms with Crippen molar-refractivity contribution in [1.29, 1.82) is 0 Å². The van der Waals surface area contributed by atoms with Gasteiger partial charge >= 0.3 is 0 Å². The fourth-order valence-electron chi connectivity index (χ4n) is 4.19. The van der Waals surface area contributed by atoms with Crippen LogP contribution in [0.1, 0.15) is 66.2 Å². The fraction of sp³-hybridized carbons (Fsp3) is 0.370. The summed E-state index contributed by atoms with van der Waals surface area (Å²) < 4.78 is 2.75. The third kappa shape index (κ3) is 6.35. The van der Waals surface area contributed by atoms with Gasteiger partial charge in [-0.1, -0.05) is 68.2 Å². The van der Waals surface area contributed by atoms with E-state index in [0.717, 1.165) is 22.2 Å². The number of carbonyl (C=O) groups excluding carboxylic acids is 1. The highest BCUT2D eigenvalue weighted by molar-refractivity contribution is 9.10. The van der Waals surface area contributed by atoms with Crippen molar-refractivity contribution >= 4 is 32.7 Å². The molecule has 7 heteroatoms.